The monoisotopic (exact) mass is 218 g/mol. The van der Waals surface area contributed by atoms with Crippen molar-refractivity contribution in [2.45, 2.75) is 19.8 Å². The van der Waals surface area contributed by atoms with Gasteiger partial charge in [-0.15, -0.1) is 10.2 Å². The minimum atomic E-state index is 0.584. The zero-order valence-electron chi connectivity index (χ0n) is 9.18. The largest absolute Gasteiger partial charge is 0.494 e. The predicted octanol–water partition coefficient (Wildman–Crippen LogP) is 2.05. The molecule has 5 heteroatoms. The number of rotatable bonds is 5. The highest BCUT2D eigenvalue weighted by Crippen LogP contribution is 2.20. The van der Waals surface area contributed by atoms with Crippen molar-refractivity contribution < 1.29 is 4.74 Å². The summed E-state index contributed by atoms with van der Waals surface area (Å²) in [6, 6.07) is 7.70. The highest BCUT2D eigenvalue weighted by molar-refractivity contribution is 5.56. The Morgan fingerprint density at radius 1 is 1.38 bits per heavy atom. The molecule has 1 aromatic carbocycles. The molecule has 5 nitrogen and oxygen atoms in total. The molecular formula is C11H14N4O. The number of H-pyrrole nitrogens is 1. The molecule has 84 valence electrons. The van der Waals surface area contributed by atoms with Gasteiger partial charge in [0, 0.05) is 5.56 Å². The molecule has 0 bridgehead atoms. The van der Waals surface area contributed by atoms with Crippen LogP contribution in [0.5, 0.6) is 5.75 Å². The van der Waals surface area contributed by atoms with Gasteiger partial charge in [-0.3, -0.25) is 0 Å². The van der Waals surface area contributed by atoms with E-state index in [1.807, 2.05) is 24.3 Å². The van der Waals surface area contributed by atoms with Crippen LogP contribution in [0.25, 0.3) is 11.4 Å². The molecule has 0 amide bonds. The van der Waals surface area contributed by atoms with Gasteiger partial charge in [0.05, 0.1) is 6.61 Å². The normalized spacial score (nSPS) is 10.3. The van der Waals surface area contributed by atoms with Gasteiger partial charge >= 0.3 is 0 Å². The maximum Gasteiger partial charge on any atom is 0.204 e. The number of unbranched alkanes of at least 4 members (excludes halogenated alkanes) is 1. The molecule has 0 saturated heterocycles. The van der Waals surface area contributed by atoms with Crippen LogP contribution in [0.3, 0.4) is 0 Å². The number of benzene rings is 1. The van der Waals surface area contributed by atoms with Crippen molar-refractivity contribution in [3.8, 4) is 17.1 Å². The summed E-state index contributed by atoms with van der Waals surface area (Å²) >= 11 is 0. The van der Waals surface area contributed by atoms with Crippen molar-refractivity contribution in [1.29, 1.82) is 0 Å². The van der Waals surface area contributed by atoms with E-state index in [-0.39, 0.29) is 0 Å². The molecule has 0 fully saturated rings. The molecule has 0 radical (unpaired) electrons. The van der Waals surface area contributed by atoms with Crippen LogP contribution in [0.4, 0.5) is 0 Å². The molecular weight excluding hydrogens is 204 g/mol. The van der Waals surface area contributed by atoms with E-state index < -0.39 is 0 Å². The molecule has 0 atom stereocenters. The first-order valence-corrected chi connectivity index (χ1v) is 5.37. The third-order valence-corrected chi connectivity index (χ3v) is 2.20. The molecule has 0 unspecified atom stereocenters. The first-order valence-electron chi connectivity index (χ1n) is 5.37. The van der Waals surface area contributed by atoms with Gasteiger partial charge in [-0.05, 0) is 23.8 Å². The fraction of sp³-hybridized carbons (Fsp3) is 0.364. The predicted molar refractivity (Wildman–Crippen MR) is 60.0 cm³/mol. The number of ether oxygens (including phenoxy) is 1. The van der Waals surface area contributed by atoms with Crippen LogP contribution in [0.2, 0.25) is 0 Å². The third-order valence-electron chi connectivity index (χ3n) is 2.20. The van der Waals surface area contributed by atoms with E-state index in [4.69, 9.17) is 4.74 Å². The van der Waals surface area contributed by atoms with Gasteiger partial charge in [0.2, 0.25) is 5.82 Å². The molecule has 0 aliphatic heterocycles. The van der Waals surface area contributed by atoms with Crippen LogP contribution in [-0.4, -0.2) is 27.2 Å². The standard InChI is InChI=1S/C11H14N4O/c1-2-3-7-16-10-6-4-5-9(8-10)11-12-14-15-13-11/h4-6,8H,2-3,7H2,1H3,(H,12,13,14,15). The number of aromatic nitrogens is 4. The minimum absolute atomic E-state index is 0.584. The molecule has 16 heavy (non-hydrogen) atoms. The molecule has 2 aromatic rings. The van der Waals surface area contributed by atoms with Crippen molar-refractivity contribution in [2.75, 3.05) is 6.61 Å². The van der Waals surface area contributed by atoms with Gasteiger partial charge < -0.3 is 4.74 Å². The molecule has 1 aromatic heterocycles. The number of nitrogens with one attached hydrogen (secondary N) is 1. The van der Waals surface area contributed by atoms with Gasteiger partial charge in [0.25, 0.3) is 0 Å². The van der Waals surface area contributed by atoms with Crippen molar-refractivity contribution >= 4 is 0 Å². The summed E-state index contributed by atoms with van der Waals surface area (Å²) in [7, 11) is 0. The van der Waals surface area contributed by atoms with Crippen LogP contribution >= 0.6 is 0 Å². The molecule has 1 N–H and O–H groups in total. The van der Waals surface area contributed by atoms with Gasteiger partial charge in [0.1, 0.15) is 5.75 Å². The average Bonchev–Trinajstić information content (AvgIpc) is 2.83. The summed E-state index contributed by atoms with van der Waals surface area (Å²) in [5, 5.41) is 13.8. The quantitative estimate of drug-likeness (QED) is 0.780. The molecule has 2 rings (SSSR count). The second-order valence-electron chi connectivity index (χ2n) is 3.47. The van der Waals surface area contributed by atoms with Crippen molar-refractivity contribution in [3.63, 3.8) is 0 Å². The van der Waals surface area contributed by atoms with E-state index in [9.17, 15) is 0 Å². The Hall–Kier alpha value is -1.91. The summed E-state index contributed by atoms with van der Waals surface area (Å²) in [6.07, 6.45) is 2.19. The Labute approximate surface area is 93.8 Å². The smallest absolute Gasteiger partial charge is 0.204 e. The molecule has 0 aliphatic rings. The summed E-state index contributed by atoms with van der Waals surface area (Å²) < 4.78 is 5.60. The summed E-state index contributed by atoms with van der Waals surface area (Å²) in [4.78, 5) is 0. The number of tetrazole rings is 1. The van der Waals surface area contributed by atoms with Gasteiger partial charge in [-0.2, -0.15) is 5.21 Å². The summed E-state index contributed by atoms with van der Waals surface area (Å²) in [5.74, 6) is 1.43. The highest BCUT2D eigenvalue weighted by atomic mass is 16.5. The number of hydrogen-bond acceptors (Lipinski definition) is 4. The van der Waals surface area contributed by atoms with Crippen LogP contribution in [-0.2, 0) is 0 Å². The SMILES string of the molecule is CCCCOc1cccc(-c2nn[nH]n2)c1. The average molecular weight is 218 g/mol. The van der Waals surface area contributed by atoms with Crippen LogP contribution in [0.1, 0.15) is 19.8 Å². The van der Waals surface area contributed by atoms with Gasteiger partial charge in [-0.25, -0.2) is 0 Å². The van der Waals surface area contributed by atoms with Gasteiger partial charge in [-0.1, -0.05) is 25.5 Å². The third kappa shape index (κ3) is 2.56. The van der Waals surface area contributed by atoms with E-state index in [1.54, 1.807) is 0 Å². The van der Waals surface area contributed by atoms with Crippen molar-refractivity contribution in [3.05, 3.63) is 24.3 Å². The zero-order valence-corrected chi connectivity index (χ0v) is 9.18. The molecule has 1 heterocycles. The lowest BCUT2D eigenvalue weighted by molar-refractivity contribution is 0.309. The topological polar surface area (TPSA) is 63.7 Å². The summed E-state index contributed by atoms with van der Waals surface area (Å²) in [5.41, 5.74) is 0.905. The van der Waals surface area contributed by atoms with E-state index in [0.29, 0.717) is 5.82 Å². The lowest BCUT2D eigenvalue weighted by atomic mass is 10.2. The lowest BCUT2D eigenvalue weighted by Crippen LogP contribution is -1.96. The van der Waals surface area contributed by atoms with E-state index in [1.165, 1.54) is 0 Å². The van der Waals surface area contributed by atoms with Crippen LogP contribution in [0, 0.1) is 0 Å². The van der Waals surface area contributed by atoms with Crippen molar-refractivity contribution in [1.82, 2.24) is 20.6 Å². The van der Waals surface area contributed by atoms with Gasteiger partial charge in [0.15, 0.2) is 0 Å². The van der Waals surface area contributed by atoms with Crippen molar-refractivity contribution in [2.24, 2.45) is 0 Å². The number of hydrogen-bond donors (Lipinski definition) is 1. The molecule has 0 spiro atoms. The van der Waals surface area contributed by atoms with Crippen LogP contribution in [0.15, 0.2) is 24.3 Å². The number of aromatic amines is 1. The fourth-order valence-corrected chi connectivity index (χ4v) is 1.34. The highest BCUT2D eigenvalue weighted by Gasteiger charge is 2.03. The Kier molecular flexibility index (Phi) is 3.48. The second-order valence-corrected chi connectivity index (χ2v) is 3.47. The maximum absolute atomic E-state index is 5.60. The minimum Gasteiger partial charge on any atom is -0.494 e. The lowest BCUT2D eigenvalue weighted by Gasteiger charge is -2.05. The zero-order chi connectivity index (χ0) is 11.2. The van der Waals surface area contributed by atoms with E-state index in [0.717, 1.165) is 30.8 Å². The first kappa shape index (κ1) is 10.6. The Morgan fingerprint density at radius 3 is 3.06 bits per heavy atom. The Bertz CT molecular complexity index is 427. The van der Waals surface area contributed by atoms with E-state index >= 15 is 0 Å². The molecule has 0 aliphatic carbocycles. The second kappa shape index (κ2) is 5.25. The number of nitrogens with zero attached hydrogens (tertiary/aromatic N) is 3. The Morgan fingerprint density at radius 2 is 2.31 bits per heavy atom. The molecule has 0 saturated carbocycles. The maximum atomic E-state index is 5.60. The summed E-state index contributed by atoms with van der Waals surface area (Å²) in [6.45, 7) is 2.88. The first-order chi connectivity index (χ1) is 7.90. The Balaban J connectivity index is 2.08. The van der Waals surface area contributed by atoms with E-state index in [2.05, 4.69) is 27.5 Å². The van der Waals surface area contributed by atoms with Crippen LogP contribution < -0.4 is 4.74 Å². The fourth-order valence-electron chi connectivity index (χ4n) is 1.34.